The number of benzene rings is 2. The minimum absolute atomic E-state index is 0.881. The third-order valence-electron chi connectivity index (χ3n) is 4.27. The van der Waals surface area contributed by atoms with Gasteiger partial charge in [0.2, 0.25) is 11.2 Å². The van der Waals surface area contributed by atoms with E-state index in [1.54, 1.807) is 7.11 Å². The Balaban J connectivity index is 1.90. The van der Waals surface area contributed by atoms with E-state index in [1.165, 1.54) is 22.2 Å². The van der Waals surface area contributed by atoms with Crippen LogP contribution in [0.2, 0.25) is 0 Å². The van der Waals surface area contributed by atoms with Gasteiger partial charge in [-0.3, -0.25) is 0 Å². The lowest BCUT2D eigenvalue weighted by atomic mass is 10.1. The van der Waals surface area contributed by atoms with Gasteiger partial charge in [-0.05, 0) is 42.0 Å². The lowest BCUT2D eigenvalue weighted by Gasteiger charge is -2.11. The Morgan fingerprint density at radius 3 is 2.33 bits per heavy atom. The molecule has 2 aromatic carbocycles. The molecule has 0 saturated carbocycles. The molecule has 0 fully saturated rings. The molecule has 3 aromatic rings. The third kappa shape index (κ3) is 3.25. The minimum Gasteiger partial charge on any atom is -0.497 e. The lowest BCUT2D eigenvalue weighted by Crippen LogP contribution is -2.32. The topological polar surface area (TPSA) is 16.4 Å². The zero-order chi connectivity index (χ0) is 17.1. The standard InChI is InChI=1S/C21H23N2O/c1-22(2)18-9-5-16(6-10-18)7-11-19-12-8-17-15-20(24-4)13-14-21(17)23(19)3/h5-15H,1-4H3/q+1. The van der Waals surface area contributed by atoms with Crippen molar-refractivity contribution in [3.63, 3.8) is 0 Å². The Hall–Kier alpha value is -2.81. The largest absolute Gasteiger partial charge is 0.497 e. The second kappa shape index (κ2) is 6.75. The average molecular weight is 319 g/mol. The number of hydrogen-bond acceptors (Lipinski definition) is 2. The molecule has 0 atom stereocenters. The molecule has 0 aliphatic rings. The van der Waals surface area contributed by atoms with E-state index in [2.05, 4.69) is 91.3 Å². The summed E-state index contributed by atoms with van der Waals surface area (Å²) in [4.78, 5) is 2.10. The fourth-order valence-electron chi connectivity index (χ4n) is 2.76. The van der Waals surface area contributed by atoms with E-state index in [0.29, 0.717) is 0 Å². The molecule has 0 radical (unpaired) electrons. The number of pyridine rings is 1. The summed E-state index contributed by atoms with van der Waals surface area (Å²) < 4.78 is 7.49. The molecule has 3 heteroatoms. The molecule has 122 valence electrons. The van der Waals surface area contributed by atoms with Crippen LogP contribution in [0.3, 0.4) is 0 Å². The van der Waals surface area contributed by atoms with Crippen molar-refractivity contribution >= 4 is 28.7 Å². The van der Waals surface area contributed by atoms with Crippen molar-refractivity contribution in [3.8, 4) is 5.75 Å². The van der Waals surface area contributed by atoms with Gasteiger partial charge in [-0.1, -0.05) is 12.1 Å². The molecule has 1 aromatic heterocycles. The Morgan fingerprint density at radius 1 is 0.917 bits per heavy atom. The number of rotatable bonds is 4. The van der Waals surface area contributed by atoms with E-state index in [-0.39, 0.29) is 0 Å². The highest BCUT2D eigenvalue weighted by Crippen LogP contribution is 2.19. The highest BCUT2D eigenvalue weighted by molar-refractivity contribution is 5.79. The first-order valence-electron chi connectivity index (χ1n) is 8.01. The predicted molar refractivity (Wildman–Crippen MR) is 101 cm³/mol. The van der Waals surface area contributed by atoms with Gasteiger partial charge in [0.15, 0.2) is 0 Å². The van der Waals surface area contributed by atoms with Gasteiger partial charge in [0, 0.05) is 38.0 Å². The average Bonchev–Trinajstić information content (AvgIpc) is 2.61. The van der Waals surface area contributed by atoms with Crippen molar-refractivity contribution in [3.05, 3.63) is 65.9 Å². The lowest BCUT2D eigenvalue weighted by molar-refractivity contribution is -0.646. The summed E-state index contributed by atoms with van der Waals surface area (Å²) in [6, 6.07) is 18.9. The zero-order valence-electron chi connectivity index (χ0n) is 14.7. The van der Waals surface area contributed by atoms with Gasteiger partial charge in [0.25, 0.3) is 0 Å². The second-order valence-corrected chi connectivity index (χ2v) is 6.06. The summed E-state index contributed by atoms with van der Waals surface area (Å²) in [6.07, 6.45) is 4.29. The van der Waals surface area contributed by atoms with E-state index in [9.17, 15) is 0 Å². The van der Waals surface area contributed by atoms with Crippen LogP contribution >= 0.6 is 0 Å². The van der Waals surface area contributed by atoms with Gasteiger partial charge >= 0.3 is 0 Å². The fraction of sp³-hybridized carbons (Fsp3) is 0.190. The molecule has 0 saturated heterocycles. The molecule has 3 rings (SSSR count). The van der Waals surface area contributed by atoms with Crippen LogP contribution in [0.25, 0.3) is 23.1 Å². The van der Waals surface area contributed by atoms with Crippen molar-refractivity contribution in [1.82, 2.24) is 0 Å². The van der Waals surface area contributed by atoms with Crippen molar-refractivity contribution in [2.45, 2.75) is 0 Å². The number of nitrogens with zero attached hydrogens (tertiary/aromatic N) is 2. The quantitative estimate of drug-likeness (QED) is 0.678. The highest BCUT2D eigenvalue weighted by Gasteiger charge is 2.10. The van der Waals surface area contributed by atoms with Gasteiger partial charge in [0.05, 0.1) is 12.5 Å². The van der Waals surface area contributed by atoms with E-state index >= 15 is 0 Å². The SMILES string of the molecule is COc1ccc2c(ccc(/C=C/c3ccc(N(C)C)cc3)[n+]2C)c1. The summed E-state index contributed by atoms with van der Waals surface area (Å²) in [5.74, 6) is 0.881. The van der Waals surface area contributed by atoms with Crippen LogP contribution in [0.4, 0.5) is 5.69 Å². The second-order valence-electron chi connectivity index (χ2n) is 6.06. The number of aromatic nitrogens is 1. The zero-order valence-corrected chi connectivity index (χ0v) is 14.7. The summed E-state index contributed by atoms with van der Waals surface area (Å²) >= 11 is 0. The summed E-state index contributed by atoms with van der Waals surface area (Å²) in [6.45, 7) is 0. The number of methoxy groups -OCH3 is 1. The number of hydrogen-bond donors (Lipinski definition) is 0. The number of anilines is 1. The molecule has 24 heavy (non-hydrogen) atoms. The predicted octanol–water partition coefficient (Wildman–Crippen LogP) is 3.91. The van der Waals surface area contributed by atoms with Gasteiger partial charge in [-0.2, -0.15) is 4.57 Å². The molecule has 1 heterocycles. The van der Waals surface area contributed by atoms with Crippen LogP contribution < -0.4 is 14.2 Å². The van der Waals surface area contributed by atoms with Crippen LogP contribution in [-0.4, -0.2) is 21.2 Å². The van der Waals surface area contributed by atoms with Gasteiger partial charge in [-0.15, -0.1) is 0 Å². The first-order chi connectivity index (χ1) is 11.6. The van der Waals surface area contributed by atoms with E-state index in [1.807, 2.05) is 6.07 Å². The van der Waals surface area contributed by atoms with Crippen LogP contribution in [-0.2, 0) is 7.05 Å². The van der Waals surface area contributed by atoms with E-state index < -0.39 is 0 Å². The molecule has 0 spiro atoms. The molecule has 0 N–H and O–H groups in total. The van der Waals surface area contributed by atoms with Crippen LogP contribution in [0.15, 0.2) is 54.6 Å². The number of ether oxygens (including phenoxy) is 1. The van der Waals surface area contributed by atoms with Crippen molar-refractivity contribution in [2.75, 3.05) is 26.1 Å². The molecule has 0 unspecified atom stereocenters. The molecule has 3 nitrogen and oxygen atoms in total. The maximum Gasteiger partial charge on any atom is 0.212 e. The van der Waals surface area contributed by atoms with Gasteiger partial charge < -0.3 is 9.64 Å². The molecular formula is C21H23N2O+. The Kier molecular flexibility index (Phi) is 4.52. The van der Waals surface area contributed by atoms with Crippen LogP contribution in [0, 0.1) is 0 Å². The monoisotopic (exact) mass is 319 g/mol. The van der Waals surface area contributed by atoms with Crippen molar-refractivity contribution < 1.29 is 9.30 Å². The third-order valence-corrected chi connectivity index (χ3v) is 4.27. The Labute approximate surface area is 143 Å². The van der Waals surface area contributed by atoms with Crippen LogP contribution in [0.1, 0.15) is 11.3 Å². The number of fused-ring (bicyclic) bond motifs is 1. The van der Waals surface area contributed by atoms with Crippen LogP contribution in [0.5, 0.6) is 5.75 Å². The normalized spacial score (nSPS) is 11.2. The van der Waals surface area contributed by atoms with Gasteiger partial charge in [0.1, 0.15) is 12.8 Å². The summed E-state index contributed by atoms with van der Waals surface area (Å²) in [5, 5.41) is 1.17. The van der Waals surface area contributed by atoms with E-state index in [0.717, 1.165) is 11.4 Å². The molecule has 0 aliphatic carbocycles. The van der Waals surface area contributed by atoms with E-state index in [4.69, 9.17) is 4.74 Å². The van der Waals surface area contributed by atoms with Crippen molar-refractivity contribution in [2.24, 2.45) is 7.05 Å². The Bertz CT molecular complexity index is 880. The maximum atomic E-state index is 5.30. The van der Waals surface area contributed by atoms with Crippen molar-refractivity contribution in [1.29, 1.82) is 0 Å². The molecule has 0 aliphatic heterocycles. The fourth-order valence-corrected chi connectivity index (χ4v) is 2.76. The minimum atomic E-state index is 0.881. The maximum absolute atomic E-state index is 5.30. The molecule has 0 amide bonds. The summed E-state index contributed by atoms with van der Waals surface area (Å²) in [7, 11) is 7.88. The first kappa shape index (κ1) is 16.1. The number of aryl methyl sites for hydroxylation is 1. The molecule has 0 bridgehead atoms. The first-order valence-corrected chi connectivity index (χ1v) is 8.01. The highest BCUT2D eigenvalue weighted by atomic mass is 16.5. The molecular weight excluding hydrogens is 296 g/mol. The summed E-state index contributed by atoms with van der Waals surface area (Å²) in [5.41, 5.74) is 4.73. The Morgan fingerprint density at radius 2 is 1.67 bits per heavy atom. The smallest absolute Gasteiger partial charge is 0.212 e. The van der Waals surface area contributed by atoms with Gasteiger partial charge in [-0.25, -0.2) is 0 Å².